The fraction of sp³-hybridized carbons (Fsp3) is 0.600. The van der Waals surface area contributed by atoms with Gasteiger partial charge in [-0.1, -0.05) is 25.5 Å². The van der Waals surface area contributed by atoms with Crippen LogP contribution in [0, 0.1) is 5.82 Å². The molecule has 7 heteroatoms. The summed E-state index contributed by atoms with van der Waals surface area (Å²) in [5.74, 6) is 0.347. The van der Waals surface area contributed by atoms with Gasteiger partial charge >= 0.3 is 0 Å². The number of ether oxygens (including phenoxy) is 1. The van der Waals surface area contributed by atoms with E-state index in [2.05, 4.69) is 27.9 Å². The van der Waals surface area contributed by atoms with Crippen molar-refractivity contribution in [3.8, 4) is 0 Å². The maximum absolute atomic E-state index is 12.9. The van der Waals surface area contributed by atoms with E-state index in [1.807, 2.05) is 6.92 Å². The first-order valence-electron chi connectivity index (χ1n) is 9.76. The average Bonchev–Trinajstić information content (AvgIpc) is 2.66. The fourth-order valence-electron chi connectivity index (χ4n) is 2.28. The number of amides is 1. The van der Waals surface area contributed by atoms with Crippen molar-refractivity contribution in [3.05, 3.63) is 35.6 Å². The minimum Gasteiger partial charge on any atom is -0.381 e. The highest BCUT2D eigenvalue weighted by atomic mass is 19.1. The molecule has 1 aromatic carbocycles. The first-order valence-corrected chi connectivity index (χ1v) is 9.76. The lowest BCUT2D eigenvalue weighted by Gasteiger charge is -2.12. The van der Waals surface area contributed by atoms with Crippen molar-refractivity contribution in [3.63, 3.8) is 0 Å². The van der Waals surface area contributed by atoms with Gasteiger partial charge in [-0.15, -0.1) is 0 Å². The van der Waals surface area contributed by atoms with Gasteiger partial charge in [0.2, 0.25) is 5.91 Å². The Morgan fingerprint density at radius 2 is 1.74 bits per heavy atom. The predicted octanol–water partition coefficient (Wildman–Crippen LogP) is 2.25. The molecule has 0 fully saturated rings. The van der Waals surface area contributed by atoms with Crippen molar-refractivity contribution in [1.29, 1.82) is 0 Å². The van der Waals surface area contributed by atoms with Gasteiger partial charge in [0.1, 0.15) is 5.82 Å². The van der Waals surface area contributed by atoms with Gasteiger partial charge in [0.05, 0.1) is 6.42 Å². The molecule has 0 aliphatic carbocycles. The predicted molar refractivity (Wildman–Crippen MR) is 107 cm³/mol. The number of nitrogens with one attached hydrogen (secondary N) is 3. The van der Waals surface area contributed by atoms with Crippen LogP contribution in [0.1, 0.15) is 38.7 Å². The van der Waals surface area contributed by atoms with Gasteiger partial charge in [0.15, 0.2) is 5.96 Å². The Labute approximate surface area is 162 Å². The van der Waals surface area contributed by atoms with Crippen molar-refractivity contribution < 1.29 is 13.9 Å². The summed E-state index contributed by atoms with van der Waals surface area (Å²) in [4.78, 5) is 16.4. The standard InChI is InChI=1S/C20H33FN4O2/c1-3-5-14-27-15-6-11-24-20(22-4-2)25-13-12-23-19(26)16-17-7-9-18(21)10-8-17/h7-10H,3-6,11-16H2,1-2H3,(H,23,26)(H2,22,24,25). The molecular weight excluding hydrogens is 347 g/mol. The summed E-state index contributed by atoms with van der Waals surface area (Å²) in [5.41, 5.74) is 0.790. The number of carbonyl (C=O) groups excluding carboxylic acids is 1. The lowest BCUT2D eigenvalue weighted by atomic mass is 10.1. The molecule has 152 valence electrons. The number of hydrogen-bond donors (Lipinski definition) is 3. The third kappa shape index (κ3) is 12.0. The Hall–Kier alpha value is -2.15. The van der Waals surface area contributed by atoms with Gasteiger partial charge in [0, 0.05) is 39.4 Å². The summed E-state index contributed by atoms with van der Waals surface area (Å²) in [7, 11) is 0. The van der Waals surface area contributed by atoms with E-state index in [0.717, 1.165) is 50.5 Å². The molecule has 27 heavy (non-hydrogen) atoms. The number of halogens is 1. The highest BCUT2D eigenvalue weighted by Crippen LogP contribution is 2.03. The Balaban J connectivity index is 2.18. The summed E-state index contributed by atoms with van der Waals surface area (Å²) in [6.07, 6.45) is 3.37. The van der Waals surface area contributed by atoms with Crippen LogP contribution < -0.4 is 16.0 Å². The molecule has 0 spiro atoms. The molecule has 1 aromatic rings. The van der Waals surface area contributed by atoms with Crippen molar-refractivity contribution in [1.82, 2.24) is 16.0 Å². The molecule has 0 aliphatic heterocycles. The smallest absolute Gasteiger partial charge is 0.224 e. The Kier molecular flexibility index (Phi) is 12.7. The van der Waals surface area contributed by atoms with Crippen molar-refractivity contribution in [2.45, 2.75) is 39.5 Å². The normalized spacial score (nSPS) is 11.3. The molecule has 0 saturated heterocycles. The van der Waals surface area contributed by atoms with Gasteiger partial charge in [-0.25, -0.2) is 4.39 Å². The van der Waals surface area contributed by atoms with Gasteiger partial charge < -0.3 is 20.7 Å². The van der Waals surface area contributed by atoms with Crippen LogP contribution in [0.5, 0.6) is 0 Å². The molecule has 0 heterocycles. The number of carbonyl (C=O) groups is 1. The molecule has 0 atom stereocenters. The molecule has 0 aromatic heterocycles. The highest BCUT2D eigenvalue weighted by molar-refractivity contribution is 5.80. The van der Waals surface area contributed by atoms with E-state index in [4.69, 9.17) is 4.74 Å². The fourth-order valence-corrected chi connectivity index (χ4v) is 2.28. The van der Waals surface area contributed by atoms with Gasteiger partial charge in [-0.2, -0.15) is 0 Å². The lowest BCUT2D eigenvalue weighted by Crippen LogP contribution is -2.41. The minimum atomic E-state index is -0.300. The van der Waals surface area contributed by atoms with Crippen LogP contribution in [0.2, 0.25) is 0 Å². The number of aliphatic imine (C=N–C) groups is 1. The monoisotopic (exact) mass is 380 g/mol. The third-order valence-electron chi connectivity index (χ3n) is 3.72. The first kappa shape index (κ1) is 22.9. The van der Waals surface area contributed by atoms with E-state index in [0.29, 0.717) is 19.6 Å². The van der Waals surface area contributed by atoms with Crippen LogP contribution in [0.4, 0.5) is 4.39 Å². The van der Waals surface area contributed by atoms with Gasteiger partial charge in [0.25, 0.3) is 0 Å². The van der Waals surface area contributed by atoms with E-state index in [1.165, 1.54) is 12.1 Å². The number of unbranched alkanes of at least 4 members (excludes halogenated alkanes) is 1. The maximum Gasteiger partial charge on any atom is 0.224 e. The van der Waals surface area contributed by atoms with Crippen LogP contribution in [0.25, 0.3) is 0 Å². The number of rotatable bonds is 13. The van der Waals surface area contributed by atoms with E-state index >= 15 is 0 Å². The molecule has 1 amide bonds. The Morgan fingerprint density at radius 1 is 1.04 bits per heavy atom. The lowest BCUT2D eigenvalue weighted by molar-refractivity contribution is -0.120. The number of nitrogens with zero attached hydrogens (tertiary/aromatic N) is 1. The van der Waals surface area contributed by atoms with Crippen molar-refractivity contribution in [2.24, 2.45) is 4.99 Å². The number of hydrogen-bond acceptors (Lipinski definition) is 3. The molecule has 6 nitrogen and oxygen atoms in total. The zero-order chi connectivity index (χ0) is 19.7. The van der Waals surface area contributed by atoms with Gasteiger partial charge in [-0.3, -0.25) is 9.79 Å². The van der Waals surface area contributed by atoms with Crippen LogP contribution in [0.3, 0.4) is 0 Å². The van der Waals surface area contributed by atoms with E-state index in [-0.39, 0.29) is 18.1 Å². The largest absolute Gasteiger partial charge is 0.381 e. The molecule has 0 radical (unpaired) electrons. The summed E-state index contributed by atoms with van der Waals surface area (Å²) in [5, 5.41) is 9.21. The molecule has 3 N–H and O–H groups in total. The second kappa shape index (κ2) is 15.0. The first-order chi connectivity index (χ1) is 13.2. The minimum absolute atomic E-state index is 0.0884. The SMILES string of the molecule is CCCCOCCCN=C(NCC)NCCNC(=O)Cc1ccc(F)cc1. The summed E-state index contributed by atoms with van der Waals surface area (Å²) in [6.45, 7) is 8.23. The summed E-state index contributed by atoms with van der Waals surface area (Å²) >= 11 is 0. The quantitative estimate of drug-likeness (QED) is 0.279. The third-order valence-corrected chi connectivity index (χ3v) is 3.72. The maximum atomic E-state index is 12.9. The number of benzene rings is 1. The van der Waals surface area contributed by atoms with Crippen LogP contribution in [0.15, 0.2) is 29.3 Å². The van der Waals surface area contributed by atoms with E-state index in [1.54, 1.807) is 12.1 Å². The van der Waals surface area contributed by atoms with Crippen LogP contribution in [-0.2, 0) is 16.0 Å². The zero-order valence-electron chi connectivity index (χ0n) is 16.5. The van der Waals surface area contributed by atoms with Crippen molar-refractivity contribution in [2.75, 3.05) is 39.4 Å². The zero-order valence-corrected chi connectivity index (χ0v) is 16.5. The molecular formula is C20H33FN4O2. The molecule has 0 aliphatic rings. The summed E-state index contributed by atoms with van der Waals surface area (Å²) < 4.78 is 18.4. The topological polar surface area (TPSA) is 74.8 Å². The Bertz CT molecular complexity index is 549. The van der Waals surface area contributed by atoms with Crippen LogP contribution in [-0.4, -0.2) is 51.3 Å². The average molecular weight is 381 g/mol. The summed E-state index contributed by atoms with van der Waals surface area (Å²) in [6, 6.07) is 5.96. The van der Waals surface area contributed by atoms with E-state index < -0.39 is 0 Å². The van der Waals surface area contributed by atoms with Crippen molar-refractivity contribution >= 4 is 11.9 Å². The second-order valence-corrected chi connectivity index (χ2v) is 6.16. The number of guanidine groups is 1. The molecule has 0 bridgehead atoms. The van der Waals surface area contributed by atoms with Gasteiger partial charge in [-0.05, 0) is 37.5 Å². The molecule has 1 rings (SSSR count). The highest BCUT2D eigenvalue weighted by Gasteiger charge is 2.03. The molecule has 0 unspecified atom stereocenters. The van der Waals surface area contributed by atoms with Crippen LogP contribution >= 0.6 is 0 Å². The second-order valence-electron chi connectivity index (χ2n) is 6.16. The Morgan fingerprint density at radius 3 is 2.44 bits per heavy atom. The molecule has 0 saturated carbocycles. The van der Waals surface area contributed by atoms with E-state index in [9.17, 15) is 9.18 Å².